The van der Waals surface area contributed by atoms with Gasteiger partial charge in [0.15, 0.2) is 0 Å². The summed E-state index contributed by atoms with van der Waals surface area (Å²) < 4.78 is 75.9. The summed E-state index contributed by atoms with van der Waals surface area (Å²) in [7, 11) is 0. The number of halogens is 6. The maximum absolute atomic E-state index is 12.8. The number of amides is 1. The van der Waals surface area contributed by atoms with Crippen molar-refractivity contribution in [3.63, 3.8) is 0 Å². The molecule has 0 N–H and O–H groups in total. The zero-order valence-electron chi connectivity index (χ0n) is 10.3. The molecule has 0 spiro atoms. The first kappa shape index (κ1) is 15.1. The molecule has 1 aliphatic carbocycles. The summed E-state index contributed by atoms with van der Waals surface area (Å²) in [6.07, 6.45) is -8.20. The van der Waals surface area contributed by atoms with Gasteiger partial charge in [-0.05, 0) is 12.8 Å². The third kappa shape index (κ3) is 2.76. The molecular weight excluding hydrogens is 290 g/mol. The van der Waals surface area contributed by atoms with E-state index in [2.05, 4.69) is 5.10 Å². The molecule has 1 saturated carbocycles. The molecule has 114 valence electrons. The van der Waals surface area contributed by atoms with E-state index in [1.54, 1.807) is 0 Å². The number of rotatable bonds is 0. The number of hydrogen-bond donors (Lipinski definition) is 0. The second-order valence-electron chi connectivity index (χ2n) is 4.94. The lowest BCUT2D eigenvalue weighted by molar-refractivity contribution is -0.187. The lowest BCUT2D eigenvalue weighted by Crippen LogP contribution is -2.44. The molecule has 9 heteroatoms. The van der Waals surface area contributed by atoms with E-state index < -0.39 is 35.9 Å². The molecule has 1 heterocycles. The third-order valence-electron chi connectivity index (χ3n) is 3.60. The maximum atomic E-state index is 12.8. The highest BCUT2D eigenvalue weighted by atomic mass is 19.4. The average molecular weight is 302 g/mol. The van der Waals surface area contributed by atoms with Crippen LogP contribution in [0.1, 0.15) is 32.1 Å². The van der Waals surface area contributed by atoms with E-state index >= 15 is 0 Å². The van der Waals surface area contributed by atoms with Crippen molar-refractivity contribution in [2.24, 2.45) is 11.0 Å². The molecule has 0 bridgehead atoms. The monoisotopic (exact) mass is 302 g/mol. The molecule has 1 aliphatic heterocycles. The van der Waals surface area contributed by atoms with Crippen molar-refractivity contribution in [2.45, 2.75) is 50.5 Å². The van der Waals surface area contributed by atoms with Gasteiger partial charge in [-0.1, -0.05) is 19.3 Å². The minimum absolute atomic E-state index is 0.00118. The van der Waals surface area contributed by atoms with Gasteiger partial charge in [-0.25, -0.2) is 5.01 Å². The summed E-state index contributed by atoms with van der Waals surface area (Å²) in [5, 5.41) is 2.97. The lowest BCUT2D eigenvalue weighted by Gasteiger charge is -2.25. The zero-order valence-corrected chi connectivity index (χ0v) is 10.3. The van der Waals surface area contributed by atoms with Crippen LogP contribution in [0, 0.1) is 5.92 Å². The van der Waals surface area contributed by atoms with Crippen molar-refractivity contribution in [2.75, 3.05) is 0 Å². The molecule has 0 aromatic carbocycles. The first-order valence-corrected chi connectivity index (χ1v) is 6.18. The molecule has 20 heavy (non-hydrogen) atoms. The third-order valence-corrected chi connectivity index (χ3v) is 3.60. The second-order valence-corrected chi connectivity index (χ2v) is 4.94. The number of carbonyl (C=O) groups excluding carboxylic acids is 1. The standard InChI is InChI=1S/C11H12F6N2O/c12-10(13,14)8-6-4-2-1-3-5-7(6)19(18-8)9(20)11(15,16)17/h6-7H,1-5H2. The molecule has 2 atom stereocenters. The topological polar surface area (TPSA) is 32.7 Å². The van der Waals surface area contributed by atoms with E-state index in [0.29, 0.717) is 19.3 Å². The fourth-order valence-corrected chi connectivity index (χ4v) is 2.76. The Kier molecular flexibility index (Phi) is 3.72. The first-order valence-electron chi connectivity index (χ1n) is 6.18. The van der Waals surface area contributed by atoms with Gasteiger partial charge >= 0.3 is 18.3 Å². The van der Waals surface area contributed by atoms with Crippen LogP contribution in [-0.4, -0.2) is 35.0 Å². The minimum atomic E-state index is -5.22. The van der Waals surface area contributed by atoms with E-state index in [0.717, 1.165) is 0 Å². The zero-order chi connectivity index (χ0) is 15.1. The van der Waals surface area contributed by atoms with Crippen LogP contribution < -0.4 is 0 Å². The van der Waals surface area contributed by atoms with Gasteiger partial charge in [0.25, 0.3) is 0 Å². The second kappa shape index (κ2) is 4.92. The van der Waals surface area contributed by atoms with Gasteiger partial charge in [0.1, 0.15) is 5.71 Å². The maximum Gasteiger partial charge on any atom is 0.473 e. The molecule has 0 aromatic heterocycles. The Morgan fingerprint density at radius 2 is 1.65 bits per heavy atom. The van der Waals surface area contributed by atoms with E-state index in [1.165, 1.54) is 0 Å². The molecule has 0 saturated heterocycles. The van der Waals surface area contributed by atoms with Gasteiger partial charge in [-0.15, -0.1) is 0 Å². The molecule has 2 unspecified atom stereocenters. The van der Waals surface area contributed by atoms with Gasteiger partial charge < -0.3 is 0 Å². The Bertz CT molecular complexity index is 428. The number of hydrazone groups is 1. The van der Waals surface area contributed by atoms with Crippen LogP contribution in [-0.2, 0) is 4.79 Å². The summed E-state index contributed by atoms with van der Waals surface area (Å²) in [5.41, 5.74) is -1.26. The summed E-state index contributed by atoms with van der Waals surface area (Å²) in [6.45, 7) is 0. The Balaban J connectivity index is 2.36. The van der Waals surface area contributed by atoms with Crippen LogP contribution >= 0.6 is 0 Å². The number of hydrogen-bond acceptors (Lipinski definition) is 2. The number of alkyl halides is 6. The largest absolute Gasteiger partial charge is 0.473 e. The minimum Gasteiger partial charge on any atom is -0.262 e. The highest BCUT2D eigenvalue weighted by molar-refractivity contribution is 5.96. The number of nitrogens with zero attached hydrogens (tertiary/aromatic N) is 2. The Labute approximate surface area is 110 Å². The molecule has 2 rings (SSSR count). The Morgan fingerprint density at radius 1 is 1.05 bits per heavy atom. The average Bonchev–Trinajstić information content (AvgIpc) is 2.50. The predicted octanol–water partition coefficient (Wildman–Crippen LogP) is 3.26. The van der Waals surface area contributed by atoms with Gasteiger partial charge in [0.2, 0.25) is 0 Å². The van der Waals surface area contributed by atoms with Crippen LogP contribution in [0.5, 0.6) is 0 Å². The molecule has 3 nitrogen and oxygen atoms in total. The van der Waals surface area contributed by atoms with Crippen LogP contribution in [0.4, 0.5) is 26.3 Å². The molecule has 0 radical (unpaired) electrons. The quantitative estimate of drug-likeness (QED) is 0.632. The van der Waals surface area contributed by atoms with E-state index in [-0.39, 0.29) is 17.9 Å². The van der Waals surface area contributed by atoms with Crippen LogP contribution in [0.3, 0.4) is 0 Å². The first-order chi connectivity index (χ1) is 9.12. The van der Waals surface area contributed by atoms with Gasteiger partial charge in [-0.2, -0.15) is 31.4 Å². The van der Waals surface area contributed by atoms with Gasteiger partial charge in [-0.3, -0.25) is 4.79 Å². The summed E-state index contributed by atoms with van der Waals surface area (Å²) in [5.74, 6) is -3.47. The molecule has 1 amide bonds. The number of carbonyl (C=O) groups is 1. The van der Waals surface area contributed by atoms with E-state index in [1.807, 2.05) is 0 Å². The van der Waals surface area contributed by atoms with Crippen molar-refractivity contribution in [1.82, 2.24) is 5.01 Å². The summed E-state index contributed by atoms with van der Waals surface area (Å²) in [4.78, 5) is 11.2. The molecular formula is C11H12F6N2O. The van der Waals surface area contributed by atoms with Crippen molar-refractivity contribution in [3.8, 4) is 0 Å². The van der Waals surface area contributed by atoms with E-state index in [9.17, 15) is 31.1 Å². The number of fused-ring (bicyclic) bond motifs is 1. The SMILES string of the molecule is O=C(N1N=C(C(F)(F)F)C2CCCCCC21)C(F)(F)F. The van der Waals surface area contributed by atoms with Crippen molar-refractivity contribution >= 4 is 11.6 Å². The Hall–Kier alpha value is -1.28. The van der Waals surface area contributed by atoms with E-state index in [4.69, 9.17) is 0 Å². The molecule has 2 aliphatic rings. The highest BCUT2D eigenvalue weighted by Crippen LogP contribution is 2.40. The molecule has 0 aromatic rings. The normalized spacial score (nSPS) is 27.9. The fraction of sp³-hybridized carbons (Fsp3) is 0.818. The summed E-state index contributed by atoms with van der Waals surface area (Å²) in [6, 6.07) is -1.14. The highest BCUT2D eigenvalue weighted by Gasteiger charge is 2.55. The van der Waals surface area contributed by atoms with Gasteiger partial charge in [0, 0.05) is 5.92 Å². The fourth-order valence-electron chi connectivity index (χ4n) is 2.76. The van der Waals surface area contributed by atoms with Crippen molar-refractivity contribution < 1.29 is 31.1 Å². The Morgan fingerprint density at radius 3 is 2.20 bits per heavy atom. The van der Waals surface area contributed by atoms with Crippen LogP contribution in [0.2, 0.25) is 0 Å². The van der Waals surface area contributed by atoms with Gasteiger partial charge in [0.05, 0.1) is 6.04 Å². The van der Waals surface area contributed by atoms with Crippen molar-refractivity contribution in [3.05, 3.63) is 0 Å². The van der Waals surface area contributed by atoms with Crippen molar-refractivity contribution in [1.29, 1.82) is 0 Å². The smallest absolute Gasteiger partial charge is 0.262 e. The van der Waals surface area contributed by atoms with Crippen LogP contribution in [0.25, 0.3) is 0 Å². The van der Waals surface area contributed by atoms with Crippen LogP contribution in [0.15, 0.2) is 5.10 Å². The predicted molar refractivity (Wildman–Crippen MR) is 56.8 cm³/mol. The lowest BCUT2D eigenvalue weighted by atomic mass is 9.90. The molecule has 1 fully saturated rings. The summed E-state index contributed by atoms with van der Waals surface area (Å²) >= 11 is 0.